The van der Waals surface area contributed by atoms with E-state index < -0.39 is 6.10 Å². The molecule has 1 N–H and O–H groups in total. The zero-order valence-corrected chi connectivity index (χ0v) is 13.5. The summed E-state index contributed by atoms with van der Waals surface area (Å²) in [5, 5.41) is 2.84. The van der Waals surface area contributed by atoms with Crippen molar-refractivity contribution >= 4 is 5.91 Å². The number of aryl methyl sites for hydroxylation is 2. The van der Waals surface area contributed by atoms with Gasteiger partial charge in [-0.3, -0.25) is 9.78 Å². The number of rotatable bonds is 5. The molecule has 2 aromatic rings. The van der Waals surface area contributed by atoms with Crippen molar-refractivity contribution < 1.29 is 9.53 Å². The Morgan fingerprint density at radius 3 is 2.73 bits per heavy atom. The molecule has 0 fully saturated rings. The summed E-state index contributed by atoms with van der Waals surface area (Å²) >= 11 is 0. The summed E-state index contributed by atoms with van der Waals surface area (Å²) in [6.07, 6.45) is 1.16. The lowest BCUT2D eigenvalue weighted by atomic mass is 10.1. The number of carbonyl (C=O) groups excluding carboxylic acids is 1. The molecule has 1 unspecified atom stereocenters. The summed E-state index contributed by atoms with van der Waals surface area (Å²) < 4.78 is 5.82. The number of hydrogen-bond donors (Lipinski definition) is 1. The van der Waals surface area contributed by atoms with Gasteiger partial charge >= 0.3 is 0 Å². The van der Waals surface area contributed by atoms with Crippen molar-refractivity contribution in [2.45, 2.75) is 40.3 Å². The van der Waals surface area contributed by atoms with Crippen molar-refractivity contribution in [2.24, 2.45) is 0 Å². The molecule has 1 heterocycles. The van der Waals surface area contributed by atoms with E-state index in [1.165, 1.54) is 0 Å². The van der Waals surface area contributed by atoms with Crippen molar-refractivity contribution in [3.05, 3.63) is 58.9 Å². The monoisotopic (exact) mass is 298 g/mol. The van der Waals surface area contributed by atoms with Crippen molar-refractivity contribution in [3.8, 4) is 5.75 Å². The van der Waals surface area contributed by atoms with Crippen LogP contribution in [-0.2, 0) is 11.3 Å². The maximum Gasteiger partial charge on any atom is 0.261 e. The largest absolute Gasteiger partial charge is 0.481 e. The molecule has 0 saturated carbocycles. The Morgan fingerprint density at radius 2 is 2.05 bits per heavy atom. The van der Waals surface area contributed by atoms with Gasteiger partial charge in [-0.25, -0.2) is 0 Å². The van der Waals surface area contributed by atoms with Gasteiger partial charge in [-0.1, -0.05) is 12.1 Å². The van der Waals surface area contributed by atoms with Crippen LogP contribution in [0.25, 0.3) is 0 Å². The maximum absolute atomic E-state index is 12.1. The van der Waals surface area contributed by atoms with E-state index in [9.17, 15) is 4.79 Å². The summed E-state index contributed by atoms with van der Waals surface area (Å²) in [5.74, 6) is 0.613. The molecule has 0 aliphatic rings. The average Bonchev–Trinajstić information content (AvgIpc) is 2.50. The predicted octanol–water partition coefficient (Wildman–Crippen LogP) is 3.09. The van der Waals surface area contributed by atoms with E-state index in [1.54, 1.807) is 13.1 Å². The van der Waals surface area contributed by atoms with E-state index in [4.69, 9.17) is 4.74 Å². The first kappa shape index (κ1) is 16.0. The zero-order chi connectivity index (χ0) is 16.1. The lowest BCUT2D eigenvalue weighted by molar-refractivity contribution is -0.127. The fourth-order valence-corrected chi connectivity index (χ4v) is 2.19. The van der Waals surface area contributed by atoms with Gasteiger partial charge in [0.2, 0.25) is 0 Å². The lowest BCUT2D eigenvalue weighted by Crippen LogP contribution is -2.36. The van der Waals surface area contributed by atoms with Gasteiger partial charge in [-0.15, -0.1) is 0 Å². The highest BCUT2D eigenvalue weighted by Gasteiger charge is 2.16. The molecular weight excluding hydrogens is 276 g/mol. The van der Waals surface area contributed by atoms with Crippen LogP contribution >= 0.6 is 0 Å². The predicted molar refractivity (Wildman–Crippen MR) is 86.8 cm³/mol. The number of hydrogen-bond acceptors (Lipinski definition) is 3. The second kappa shape index (κ2) is 7.07. The van der Waals surface area contributed by atoms with E-state index in [1.807, 2.05) is 45.0 Å². The molecule has 0 saturated heterocycles. The van der Waals surface area contributed by atoms with Crippen LogP contribution in [0.1, 0.15) is 29.3 Å². The number of pyridine rings is 1. The Morgan fingerprint density at radius 1 is 1.27 bits per heavy atom. The molecule has 0 aliphatic carbocycles. The summed E-state index contributed by atoms with van der Waals surface area (Å²) in [6.45, 7) is 8.22. The van der Waals surface area contributed by atoms with Crippen molar-refractivity contribution in [1.82, 2.24) is 10.3 Å². The number of benzene rings is 1. The molecule has 0 aliphatic heterocycles. The van der Waals surface area contributed by atoms with Crippen LogP contribution in [0.3, 0.4) is 0 Å². The first-order valence-electron chi connectivity index (χ1n) is 7.39. The third-order valence-electron chi connectivity index (χ3n) is 3.61. The van der Waals surface area contributed by atoms with Gasteiger partial charge < -0.3 is 10.1 Å². The Bertz CT molecular complexity index is 654. The van der Waals surface area contributed by atoms with E-state index in [0.717, 1.165) is 28.1 Å². The molecule has 1 atom stereocenters. The summed E-state index contributed by atoms with van der Waals surface area (Å²) in [5.41, 5.74) is 4.18. The Hall–Kier alpha value is -2.36. The lowest BCUT2D eigenvalue weighted by Gasteiger charge is -2.17. The molecule has 2 rings (SSSR count). The Kier molecular flexibility index (Phi) is 5.15. The van der Waals surface area contributed by atoms with Gasteiger partial charge in [-0.05, 0) is 62.6 Å². The number of aromatic nitrogens is 1. The van der Waals surface area contributed by atoms with Crippen LogP contribution in [0.5, 0.6) is 5.75 Å². The van der Waals surface area contributed by atoms with Gasteiger partial charge in [0.05, 0.1) is 12.2 Å². The SMILES string of the molecule is Cc1cc(C)c(C)c(OC(C)C(=O)NCc2ccccn2)c1. The fourth-order valence-electron chi connectivity index (χ4n) is 2.19. The third kappa shape index (κ3) is 4.07. The van der Waals surface area contributed by atoms with Crippen LogP contribution in [0.2, 0.25) is 0 Å². The molecule has 0 bridgehead atoms. The van der Waals surface area contributed by atoms with E-state index in [0.29, 0.717) is 6.54 Å². The quantitative estimate of drug-likeness (QED) is 0.923. The van der Waals surface area contributed by atoms with Gasteiger partial charge in [0, 0.05) is 6.20 Å². The second-order valence-corrected chi connectivity index (χ2v) is 5.50. The summed E-state index contributed by atoms with van der Waals surface area (Å²) in [4.78, 5) is 16.3. The van der Waals surface area contributed by atoms with Crippen molar-refractivity contribution in [3.63, 3.8) is 0 Å². The zero-order valence-electron chi connectivity index (χ0n) is 13.5. The molecule has 1 amide bonds. The molecular formula is C18H22N2O2. The highest BCUT2D eigenvalue weighted by Crippen LogP contribution is 2.24. The highest BCUT2D eigenvalue weighted by atomic mass is 16.5. The highest BCUT2D eigenvalue weighted by molar-refractivity contribution is 5.80. The minimum atomic E-state index is -0.552. The number of nitrogens with zero attached hydrogens (tertiary/aromatic N) is 1. The van der Waals surface area contributed by atoms with Gasteiger partial charge in [0.25, 0.3) is 5.91 Å². The number of carbonyl (C=O) groups is 1. The Balaban J connectivity index is 1.97. The van der Waals surface area contributed by atoms with Gasteiger partial charge in [-0.2, -0.15) is 0 Å². The van der Waals surface area contributed by atoms with Crippen molar-refractivity contribution in [1.29, 1.82) is 0 Å². The first-order valence-corrected chi connectivity index (χ1v) is 7.39. The smallest absolute Gasteiger partial charge is 0.261 e. The summed E-state index contributed by atoms with van der Waals surface area (Å²) in [6, 6.07) is 9.69. The summed E-state index contributed by atoms with van der Waals surface area (Å²) in [7, 11) is 0. The average molecular weight is 298 g/mol. The molecule has 22 heavy (non-hydrogen) atoms. The Labute approximate surface area is 131 Å². The molecule has 4 nitrogen and oxygen atoms in total. The van der Waals surface area contributed by atoms with Gasteiger partial charge in [0.1, 0.15) is 5.75 Å². The van der Waals surface area contributed by atoms with Gasteiger partial charge in [0.15, 0.2) is 6.10 Å². The molecule has 116 valence electrons. The standard InChI is InChI=1S/C18H22N2O2/c1-12-9-13(2)14(3)17(10-12)22-15(4)18(21)20-11-16-7-5-6-8-19-16/h5-10,15H,11H2,1-4H3,(H,20,21). The minimum Gasteiger partial charge on any atom is -0.481 e. The van der Waals surface area contributed by atoms with Crippen LogP contribution in [-0.4, -0.2) is 17.0 Å². The van der Waals surface area contributed by atoms with E-state index in [-0.39, 0.29) is 5.91 Å². The minimum absolute atomic E-state index is 0.149. The van der Waals surface area contributed by atoms with Crippen LogP contribution in [0.15, 0.2) is 36.5 Å². The second-order valence-electron chi connectivity index (χ2n) is 5.50. The van der Waals surface area contributed by atoms with Crippen molar-refractivity contribution in [2.75, 3.05) is 0 Å². The number of ether oxygens (including phenoxy) is 1. The molecule has 1 aromatic heterocycles. The van der Waals surface area contributed by atoms with Crippen LogP contribution in [0.4, 0.5) is 0 Å². The fraction of sp³-hybridized carbons (Fsp3) is 0.333. The molecule has 1 aromatic carbocycles. The topological polar surface area (TPSA) is 51.2 Å². The van der Waals surface area contributed by atoms with E-state index in [2.05, 4.69) is 16.4 Å². The van der Waals surface area contributed by atoms with Crippen LogP contribution < -0.4 is 10.1 Å². The van der Waals surface area contributed by atoms with E-state index >= 15 is 0 Å². The van der Waals surface area contributed by atoms with Crippen LogP contribution in [0, 0.1) is 20.8 Å². The molecule has 4 heteroatoms. The molecule has 0 radical (unpaired) electrons. The third-order valence-corrected chi connectivity index (χ3v) is 3.61. The number of amides is 1. The number of nitrogens with one attached hydrogen (secondary N) is 1. The maximum atomic E-state index is 12.1. The normalized spacial score (nSPS) is 11.8. The first-order chi connectivity index (χ1) is 10.5. The molecule has 0 spiro atoms.